The fourth-order valence-corrected chi connectivity index (χ4v) is 3.90. The Morgan fingerprint density at radius 3 is 2.75 bits per heavy atom. The van der Waals surface area contributed by atoms with Gasteiger partial charge in [0.05, 0.1) is 6.20 Å². The van der Waals surface area contributed by atoms with Gasteiger partial charge in [-0.15, -0.1) is 0 Å². The van der Waals surface area contributed by atoms with Crippen LogP contribution in [0.15, 0.2) is 12.4 Å². The third-order valence-electron chi connectivity index (χ3n) is 5.01. The van der Waals surface area contributed by atoms with Crippen LogP contribution in [0.3, 0.4) is 0 Å². The maximum absolute atomic E-state index is 12.3. The molecule has 2 atom stereocenters. The summed E-state index contributed by atoms with van der Waals surface area (Å²) in [7, 11) is 1.88. The first-order valence-corrected chi connectivity index (χ1v) is 7.64. The molecule has 1 heterocycles. The number of fused-ring (bicyclic) bond motifs is 2. The molecule has 110 valence electrons. The van der Waals surface area contributed by atoms with Crippen molar-refractivity contribution in [3.8, 4) is 0 Å². The van der Waals surface area contributed by atoms with Crippen molar-refractivity contribution >= 4 is 5.91 Å². The van der Waals surface area contributed by atoms with Crippen molar-refractivity contribution in [2.75, 3.05) is 0 Å². The molecule has 2 aliphatic rings. The number of aryl methyl sites for hydroxylation is 1. The van der Waals surface area contributed by atoms with Gasteiger partial charge in [0.25, 0.3) is 0 Å². The van der Waals surface area contributed by atoms with Gasteiger partial charge in [-0.05, 0) is 37.5 Å². The van der Waals surface area contributed by atoms with Crippen LogP contribution in [0.5, 0.6) is 0 Å². The summed E-state index contributed by atoms with van der Waals surface area (Å²) in [6.45, 7) is 0.574. The molecule has 0 radical (unpaired) electrons. The molecule has 2 saturated carbocycles. The number of amides is 1. The van der Waals surface area contributed by atoms with Gasteiger partial charge in [0.2, 0.25) is 5.91 Å². The Morgan fingerprint density at radius 2 is 2.15 bits per heavy atom. The normalized spacial score (nSPS) is 32.9. The van der Waals surface area contributed by atoms with Crippen molar-refractivity contribution in [1.82, 2.24) is 15.1 Å². The maximum atomic E-state index is 12.3. The average Bonchev–Trinajstić information content (AvgIpc) is 2.81. The van der Waals surface area contributed by atoms with Crippen molar-refractivity contribution in [3.63, 3.8) is 0 Å². The van der Waals surface area contributed by atoms with Crippen molar-refractivity contribution in [1.29, 1.82) is 0 Å². The van der Waals surface area contributed by atoms with Crippen LogP contribution < -0.4 is 11.1 Å². The Hall–Kier alpha value is -1.36. The molecule has 1 amide bonds. The van der Waals surface area contributed by atoms with E-state index in [1.165, 1.54) is 19.3 Å². The van der Waals surface area contributed by atoms with E-state index >= 15 is 0 Å². The Kier molecular flexibility index (Phi) is 3.78. The Morgan fingerprint density at radius 1 is 1.45 bits per heavy atom. The second kappa shape index (κ2) is 5.56. The first-order chi connectivity index (χ1) is 9.63. The summed E-state index contributed by atoms with van der Waals surface area (Å²) in [5.41, 5.74) is 7.32. The number of nitrogens with zero attached hydrogens (tertiary/aromatic N) is 2. The lowest BCUT2D eigenvalue weighted by molar-refractivity contribution is -0.128. The first-order valence-electron chi connectivity index (χ1n) is 7.64. The number of hydrogen-bond acceptors (Lipinski definition) is 3. The summed E-state index contributed by atoms with van der Waals surface area (Å²) in [5.74, 6) is 1.45. The van der Waals surface area contributed by atoms with E-state index in [0.717, 1.165) is 18.4 Å². The molecule has 1 aromatic rings. The van der Waals surface area contributed by atoms with Gasteiger partial charge in [0, 0.05) is 37.3 Å². The lowest BCUT2D eigenvalue weighted by Gasteiger charge is -2.43. The lowest BCUT2D eigenvalue weighted by Crippen LogP contribution is -2.49. The number of hydrogen-bond donors (Lipinski definition) is 2. The van der Waals surface area contributed by atoms with Crippen LogP contribution in [0.2, 0.25) is 0 Å². The molecular formula is C15H24N4O. The number of nitrogens with two attached hydrogens (primary N) is 1. The minimum Gasteiger partial charge on any atom is -0.352 e. The van der Waals surface area contributed by atoms with Crippen LogP contribution in [0.25, 0.3) is 0 Å². The van der Waals surface area contributed by atoms with Crippen LogP contribution in [0.4, 0.5) is 0 Å². The van der Waals surface area contributed by atoms with Crippen molar-refractivity contribution < 1.29 is 4.79 Å². The number of aromatic nitrogens is 2. The molecule has 0 aliphatic heterocycles. The molecule has 3 rings (SSSR count). The van der Waals surface area contributed by atoms with Gasteiger partial charge in [-0.1, -0.05) is 6.42 Å². The highest BCUT2D eigenvalue weighted by atomic mass is 16.1. The Bertz CT molecular complexity index is 470. The SMILES string of the molecule is Cn1cc(CNC(=O)C2CC3CCCC(C2)C3N)cn1. The third kappa shape index (κ3) is 2.73. The van der Waals surface area contributed by atoms with E-state index in [4.69, 9.17) is 5.73 Å². The van der Waals surface area contributed by atoms with E-state index in [-0.39, 0.29) is 11.8 Å². The molecule has 1 aromatic heterocycles. The number of carbonyl (C=O) groups is 1. The summed E-state index contributed by atoms with van der Waals surface area (Å²) >= 11 is 0. The van der Waals surface area contributed by atoms with Crippen LogP contribution >= 0.6 is 0 Å². The highest BCUT2D eigenvalue weighted by molar-refractivity contribution is 5.78. The highest BCUT2D eigenvalue weighted by Crippen LogP contribution is 2.41. The second-order valence-electron chi connectivity index (χ2n) is 6.44. The van der Waals surface area contributed by atoms with E-state index in [9.17, 15) is 4.79 Å². The van der Waals surface area contributed by atoms with Crippen molar-refractivity contribution in [3.05, 3.63) is 18.0 Å². The molecule has 5 heteroatoms. The monoisotopic (exact) mass is 276 g/mol. The third-order valence-corrected chi connectivity index (χ3v) is 5.01. The molecule has 0 spiro atoms. The predicted octanol–water partition coefficient (Wildman–Crippen LogP) is 1.19. The zero-order valence-electron chi connectivity index (χ0n) is 12.1. The minimum atomic E-state index is 0.154. The lowest BCUT2D eigenvalue weighted by atomic mass is 9.65. The van der Waals surface area contributed by atoms with Crippen LogP contribution in [-0.4, -0.2) is 21.7 Å². The van der Waals surface area contributed by atoms with Crippen molar-refractivity contribution in [2.45, 2.75) is 44.7 Å². The molecule has 2 fully saturated rings. The van der Waals surface area contributed by atoms with Gasteiger partial charge < -0.3 is 11.1 Å². The molecule has 0 saturated heterocycles. The van der Waals surface area contributed by atoms with Crippen molar-refractivity contribution in [2.24, 2.45) is 30.5 Å². The molecule has 2 aliphatic carbocycles. The fourth-order valence-electron chi connectivity index (χ4n) is 3.90. The molecular weight excluding hydrogens is 252 g/mol. The zero-order valence-corrected chi connectivity index (χ0v) is 12.1. The molecule has 20 heavy (non-hydrogen) atoms. The summed E-state index contributed by atoms with van der Waals surface area (Å²) in [4.78, 5) is 12.3. The number of rotatable bonds is 3. The fraction of sp³-hybridized carbons (Fsp3) is 0.733. The van der Waals surface area contributed by atoms with Gasteiger partial charge >= 0.3 is 0 Å². The topological polar surface area (TPSA) is 72.9 Å². The molecule has 0 aromatic carbocycles. The van der Waals surface area contributed by atoms with Gasteiger partial charge in [-0.3, -0.25) is 9.48 Å². The highest BCUT2D eigenvalue weighted by Gasteiger charge is 2.40. The quantitative estimate of drug-likeness (QED) is 0.871. The Balaban J connectivity index is 1.55. The largest absolute Gasteiger partial charge is 0.352 e. The van der Waals surface area contributed by atoms with Gasteiger partial charge in [0.15, 0.2) is 0 Å². The van der Waals surface area contributed by atoms with E-state index < -0.39 is 0 Å². The molecule has 2 bridgehead atoms. The summed E-state index contributed by atoms with van der Waals surface area (Å²) in [6, 6.07) is 0.325. The van der Waals surface area contributed by atoms with E-state index in [1.807, 2.05) is 13.2 Å². The van der Waals surface area contributed by atoms with Crippen LogP contribution in [0, 0.1) is 17.8 Å². The predicted molar refractivity (Wildman–Crippen MR) is 76.6 cm³/mol. The minimum absolute atomic E-state index is 0.154. The van der Waals surface area contributed by atoms with Gasteiger partial charge in [-0.25, -0.2) is 0 Å². The zero-order chi connectivity index (χ0) is 14.1. The summed E-state index contributed by atoms with van der Waals surface area (Å²) in [5, 5.41) is 7.17. The molecule has 5 nitrogen and oxygen atoms in total. The van der Waals surface area contributed by atoms with Crippen LogP contribution in [-0.2, 0) is 18.4 Å². The van der Waals surface area contributed by atoms with Gasteiger partial charge in [0.1, 0.15) is 0 Å². The smallest absolute Gasteiger partial charge is 0.223 e. The summed E-state index contributed by atoms with van der Waals surface area (Å²) < 4.78 is 1.76. The average molecular weight is 276 g/mol. The summed E-state index contributed by atoms with van der Waals surface area (Å²) in [6.07, 6.45) is 9.35. The van der Waals surface area contributed by atoms with Gasteiger partial charge in [-0.2, -0.15) is 5.10 Å². The van der Waals surface area contributed by atoms with E-state index in [0.29, 0.717) is 24.4 Å². The molecule has 2 unspecified atom stereocenters. The molecule has 3 N–H and O–H groups in total. The second-order valence-corrected chi connectivity index (χ2v) is 6.44. The van der Waals surface area contributed by atoms with Crippen LogP contribution in [0.1, 0.15) is 37.7 Å². The standard InChI is InChI=1S/C15H24N4O/c1-19-9-10(8-18-19)7-17-15(20)13-5-11-3-2-4-12(6-13)14(11)16/h8-9,11-14H,2-7,16H2,1H3,(H,17,20). The number of nitrogens with one attached hydrogen (secondary N) is 1. The van der Waals surface area contributed by atoms with E-state index in [2.05, 4.69) is 10.4 Å². The first kappa shape index (κ1) is 13.6. The maximum Gasteiger partial charge on any atom is 0.223 e. The van der Waals surface area contributed by atoms with E-state index in [1.54, 1.807) is 10.9 Å². The Labute approximate surface area is 119 Å². The number of carbonyl (C=O) groups excluding carboxylic acids is 1.